The predicted molar refractivity (Wildman–Crippen MR) is 80.0 cm³/mol. The van der Waals surface area contributed by atoms with Gasteiger partial charge in [0.05, 0.1) is 0 Å². The normalized spacial score (nSPS) is 26.5. The summed E-state index contributed by atoms with van der Waals surface area (Å²) in [6, 6.07) is 2.03. The van der Waals surface area contributed by atoms with Gasteiger partial charge in [-0.1, -0.05) is 12.8 Å². The number of nitrogens with two attached hydrogens (primary N) is 1. The Morgan fingerprint density at radius 1 is 1.35 bits per heavy atom. The van der Waals surface area contributed by atoms with Crippen molar-refractivity contribution in [2.45, 2.75) is 50.5 Å². The van der Waals surface area contributed by atoms with Crippen molar-refractivity contribution >= 4 is 5.82 Å². The molecule has 0 aliphatic heterocycles. The van der Waals surface area contributed by atoms with Crippen molar-refractivity contribution < 1.29 is 0 Å². The lowest BCUT2D eigenvalue weighted by Gasteiger charge is -2.38. The summed E-state index contributed by atoms with van der Waals surface area (Å²) in [5.41, 5.74) is 5.87. The van der Waals surface area contributed by atoms with Crippen LogP contribution in [-0.2, 0) is 0 Å². The molecule has 2 unspecified atom stereocenters. The van der Waals surface area contributed by atoms with Crippen molar-refractivity contribution in [2.75, 3.05) is 18.5 Å². The molecule has 20 heavy (non-hydrogen) atoms. The van der Waals surface area contributed by atoms with E-state index in [1.54, 1.807) is 6.07 Å². The number of hydrogen-bond acceptors (Lipinski definition) is 4. The maximum absolute atomic E-state index is 11.8. The van der Waals surface area contributed by atoms with Crippen LogP contribution in [0.5, 0.6) is 0 Å². The van der Waals surface area contributed by atoms with Gasteiger partial charge >= 0.3 is 0 Å². The van der Waals surface area contributed by atoms with E-state index in [9.17, 15) is 4.79 Å². The molecule has 0 aromatic carbocycles. The first-order chi connectivity index (χ1) is 9.69. The Hall–Kier alpha value is -1.36. The Morgan fingerprint density at radius 3 is 2.80 bits per heavy atom. The van der Waals surface area contributed by atoms with Crippen molar-refractivity contribution in [1.29, 1.82) is 0 Å². The van der Waals surface area contributed by atoms with E-state index in [2.05, 4.69) is 21.9 Å². The van der Waals surface area contributed by atoms with Gasteiger partial charge in [0.15, 0.2) is 0 Å². The monoisotopic (exact) mass is 276 g/mol. The van der Waals surface area contributed by atoms with Gasteiger partial charge in [0, 0.05) is 25.1 Å². The maximum atomic E-state index is 11.8. The Morgan fingerprint density at radius 2 is 2.10 bits per heavy atom. The molecule has 3 rings (SSSR count). The zero-order valence-electron chi connectivity index (χ0n) is 12.1. The first-order valence-electron chi connectivity index (χ1n) is 7.73. The number of H-pyrrole nitrogens is 1. The number of aromatic nitrogens is 2. The Bertz CT molecular complexity index is 523. The molecule has 110 valence electrons. The van der Waals surface area contributed by atoms with Gasteiger partial charge in [-0.3, -0.25) is 4.79 Å². The predicted octanol–water partition coefficient (Wildman–Crippen LogP) is 1.60. The summed E-state index contributed by atoms with van der Waals surface area (Å²) < 4.78 is 0. The van der Waals surface area contributed by atoms with Crippen LogP contribution in [0.4, 0.5) is 5.82 Å². The highest BCUT2D eigenvalue weighted by atomic mass is 16.1. The third-order valence-electron chi connectivity index (χ3n) is 4.74. The number of hydrogen-bond donors (Lipinski definition) is 2. The minimum absolute atomic E-state index is 0.0381. The van der Waals surface area contributed by atoms with Crippen LogP contribution < -0.4 is 16.2 Å². The van der Waals surface area contributed by atoms with Gasteiger partial charge in [0.25, 0.3) is 5.56 Å². The maximum Gasteiger partial charge on any atom is 0.252 e. The summed E-state index contributed by atoms with van der Waals surface area (Å²) in [6.45, 7) is 0.716. The van der Waals surface area contributed by atoms with Crippen LogP contribution in [0.2, 0.25) is 0 Å². The van der Waals surface area contributed by atoms with Gasteiger partial charge in [0.1, 0.15) is 11.6 Å². The van der Waals surface area contributed by atoms with Crippen molar-refractivity contribution in [3.8, 4) is 0 Å². The number of aromatic amines is 1. The van der Waals surface area contributed by atoms with E-state index in [1.807, 2.05) is 0 Å². The lowest BCUT2D eigenvalue weighted by atomic mass is 9.84. The Labute approximate surface area is 119 Å². The molecule has 0 spiro atoms. The first-order valence-corrected chi connectivity index (χ1v) is 7.73. The SMILES string of the molecule is CN(c1cc(=O)[nH]c(C2CC2)n1)C1CCCCC1CN. The average Bonchev–Trinajstić information content (AvgIpc) is 3.30. The molecular formula is C15H24N4O. The van der Waals surface area contributed by atoms with Crippen molar-refractivity contribution in [1.82, 2.24) is 9.97 Å². The molecule has 1 aromatic heterocycles. The standard InChI is InChI=1S/C15H24N4O/c1-19(12-5-3-2-4-11(12)9-16)13-8-14(20)18-15(17-13)10-6-7-10/h8,10-12H,2-7,9,16H2,1H3,(H,17,18,20). The molecule has 2 atom stereocenters. The molecule has 0 radical (unpaired) electrons. The third kappa shape index (κ3) is 2.73. The number of rotatable bonds is 4. The summed E-state index contributed by atoms with van der Waals surface area (Å²) >= 11 is 0. The van der Waals surface area contributed by atoms with Crippen LogP contribution in [0.25, 0.3) is 0 Å². The molecule has 2 aliphatic rings. The molecule has 2 fully saturated rings. The van der Waals surface area contributed by atoms with E-state index in [-0.39, 0.29) is 5.56 Å². The molecule has 0 saturated heterocycles. The molecule has 1 heterocycles. The fourth-order valence-corrected chi connectivity index (χ4v) is 3.34. The van der Waals surface area contributed by atoms with Crippen molar-refractivity contribution in [2.24, 2.45) is 11.7 Å². The van der Waals surface area contributed by atoms with E-state index in [4.69, 9.17) is 5.73 Å². The van der Waals surface area contributed by atoms with Crippen molar-refractivity contribution in [3.05, 3.63) is 22.2 Å². The van der Waals surface area contributed by atoms with E-state index < -0.39 is 0 Å². The Balaban J connectivity index is 1.85. The fourth-order valence-electron chi connectivity index (χ4n) is 3.34. The molecule has 2 aliphatic carbocycles. The zero-order valence-corrected chi connectivity index (χ0v) is 12.1. The minimum Gasteiger partial charge on any atom is -0.356 e. The van der Waals surface area contributed by atoms with Gasteiger partial charge in [-0.05, 0) is 38.1 Å². The third-order valence-corrected chi connectivity index (χ3v) is 4.74. The quantitative estimate of drug-likeness (QED) is 0.876. The highest BCUT2D eigenvalue weighted by Gasteiger charge is 2.30. The van der Waals surface area contributed by atoms with E-state index in [1.165, 1.54) is 19.3 Å². The molecular weight excluding hydrogens is 252 g/mol. The van der Waals surface area contributed by atoms with Gasteiger partial charge in [0.2, 0.25) is 0 Å². The van der Waals surface area contributed by atoms with Crippen LogP contribution in [0.15, 0.2) is 10.9 Å². The number of nitrogens with zero attached hydrogens (tertiary/aromatic N) is 2. The second kappa shape index (κ2) is 5.56. The zero-order chi connectivity index (χ0) is 14.1. The molecule has 5 heteroatoms. The van der Waals surface area contributed by atoms with Gasteiger partial charge in [-0.25, -0.2) is 4.98 Å². The van der Waals surface area contributed by atoms with Crippen LogP contribution in [0.1, 0.15) is 50.3 Å². The first kappa shape index (κ1) is 13.6. The molecule has 2 saturated carbocycles. The summed E-state index contributed by atoms with van der Waals surface area (Å²) in [7, 11) is 2.05. The summed E-state index contributed by atoms with van der Waals surface area (Å²) in [4.78, 5) is 21.6. The van der Waals surface area contributed by atoms with Gasteiger partial charge in [-0.2, -0.15) is 0 Å². The van der Waals surface area contributed by atoms with E-state index in [0.29, 0.717) is 24.4 Å². The molecule has 1 aromatic rings. The molecule has 0 bridgehead atoms. The van der Waals surface area contributed by atoms with Crippen LogP contribution >= 0.6 is 0 Å². The number of nitrogens with one attached hydrogen (secondary N) is 1. The highest BCUT2D eigenvalue weighted by Crippen LogP contribution is 2.38. The summed E-state index contributed by atoms with van der Waals surface area (Å²) in [5.74, 6) is 2.65. The molecule has 3 N–H and O–H groups in total. The van der Waals surface area contributed by atoms with Crippen molar-refractivity contribution in [3.63, 3.8) is 0 Å². The second-order valence-corrected chi connectivity index (χ2v) is 6.22. The number of anilines is 1. The lowest BCUT2D eigenvalue weighted by Crippen LogP contribution is -2.44. The summed E-state index contributed by atoms with van der Waals surface area (Å²) in [6.07, 6.45) is 7.12. The highest BCUT2D eigenvalue weighted by molar-refractivity contribution is 5.39. The smallest absolute Gasteiger partial charge is 0.252 e. The fraction of sp³-hybridized carbons (Fsp3) is 0.733. The average molecular weight is 276 g/mol. The minimum atomic E-state index is -0.0381. The van der Waals surface area contributed by atoms with Gasteiger partial charge < -0.3 is 15.6 Å². The molecule has 5 nitrogen and oxygen atoms in total. The van der Waals surface area contributed by atoms with Crippen LogP contribution in [-0.4, -0.2) is 29.6 Å². The Kier molecular flexibility index (Phi) is 3.78. The van der Waals surface area contributed by atoms with Crippen LogP contribution in [0, 0.1) is 5.92 Å². The molecule has 0 amide bonds. The largest absolute Gasteiger partial charge is 0.356 e. The van der Waals surface area contributed by atoms with E-state index >= 15 is 0 Å². The topological polar surface area (TPSA) is 75.0 Å². The van der Waals surface area contributed by atoms with Gasteiger partial charge in [-0.15, -0.1) is 0 Å². The summed E-state index contributed by atoms with van der Waals surface area (Å²) in [5, 5.41) is 0. The second-order valence-electron chi connectivity index (χ2n) is 6.22. The van der Waals surface area contributed by atoms with Crippen LogP contribution in [0.3, 0.4) is 0 Å². The lowest BCUT2D eigenvalue weighted by molar-refractivity contribution is 0.305. The van der Waals surface area contributed by atoms with E-state index in [0.717, 1.165) is 30.9 Å².